The summed E-state index contributed by atoms with van der Waals surface area (Å²) < 4.78 is 12.5. The summed E-state index contributed by atoms with van der Waals surface area (Å²) in [6, 6.07) is 2.40. The summed E-state index contributed by atoms with van der Waals surface area (Å²) in [6.07, 6.45) is 28.2. The Morgan fingerprint density at radius 3 is 0.935 bits per heavy atom. The SMILES string of the molecule is CCCCCCCCCCCCCCCCCCC[Si](CCCCC)(OCC)OCC. The van der Waals surface area contributed by atoms with E-state index in [0.29, 0.717) is 0 Å². The first-order valence-corrected chi connectivity index (χ1v) is 16.8. The van der Waals surface area contributed by atoms with Crippen LogP contribution in [0.25, 0.3) is 0 Å². The van der Waals surface area contributed by atoms with Gasteiger partial charge in [0.25, 0.3) is 0 Å². The molecular formula is C28H60O2Si. The molecule has 0 fully saturated rings. The quantitative estimate of drug-likeness (QED) is 0.0951. The second kappa shape index (κ2) is 24.8. The third-order valence-corrected chi connectivity index (χ3v) is 10.5. The number of hydrogen-bond acceptors (Lipinski definition) is 2. The van der Waals surface area contributed by atoms with E-state index in [-0.39, 0.29) is 0 Å². The van der Waals surface area contributed by atoms with E-state index in [1.165, 1.54) is 141 Å². The summed E-state index contributed by atoms with van der Waals surface area (Å²) in [5, 5.41) is 0. The first-order chi connectivity index (χ1) is 15.2. The molecule has 0 unspecified atom stereocenters. The molecule has 0 aromatic heterocycles. The van der Waals surface area contributed by atoms with Crippen LogP contribution in [-0.4, -0.2) is 21.8 Å². The highest BCUT2D eigenvalue weighted by molar-refractivity contribution is 6.67. The Labute approximate surface area is 198 Å². The molecule has 0 aromatic carbocycles. The van der Waals surface area contributed by atoms with E-state index in [9.17, 15) is 0 Å². The van der Waals surface area contributed by atoms with Gasteiger partial charge < -0.3 is 8.85 Å². The molecule has 0 saturated carbocycles. The Morgan fingerprint density at radius 1 is 0.355 bits per heavy atom. The van der Waals surface area contributed by atoms with Gasteiger partial charge in [0.15, 0.2) is 0 Å². The normalized spacial score (nSPS) is 12.0. The second-order valence-corrected chi connectivity index (χ2v) is 13.0. The van der Waals surface area contributed by atoms with Gasteiger partial charge in [0, 0.05) is 13.2 Å². The Balaban J connectivity index is 3.57. The lowest BCUT2D eigenvalue weighted by atomic mass is 10.0. The predicted molar refractivity (Wildman–Crippen MR) is 142 cm³/mol. The molecule has 0 amide bonds. The van der Waals surface area contributed by atoms with E-state index in [0.717, 1.165) is 13.2 Å². The van der Waals surface area contributed by atoms with Gasteiger partial charge in [0.05, 0.1) is 0 Å². The highest BCUT2D eigenvalue weighted by Gasteiger charge is 2.35. The van der Waals surface area contributed by atoms with Crippen LogP contribution in [0.4, 0.5) is 0 Å². The molecule has 0 spiro atoms. The summed E-state index contributed by atoms with van der Waals surface area (Å²) >= 11 is 0. The largest absolute Gasteiger partial charge is 0.394 e. The van der Waals surface area contributed by atoms with Crippen LogP contribution in [0.3, 0.4) is 0 Å². The van der Waals surface area contributed by atoms with Crippen LogP contribution in [0, 0.1) is 0 Å². The minimum atomic E-state index is -1.94. The zero-order valence-corrected chi connectivity index (χ0v) is 23.3. The van der Waals surface area contributed by atoms with E-state index in [2.05, 4.69) is 27.7 Å². The fourth-order valence-corrected chi connectivity index (χ4v) is 8.29. The zero-order valence-electron chi connectivity index (χ0n) is 22.3. The lowest BCUT2D eigenvalue weighted by molar-refractivity contribution is 0.180. The molecule has 188 valence electrons. The van der Waals surface area contributed by atoms with Crippen molar-refractivity contribution in [1.82, 2.24) is 0 Å². The van der Waals surface area contributed by atoms with Crippen molar-refractivity contribution in [3.8, 4) is 0 Å². The summed E-state index contributed by atoms with van der Waals surface area (Å²) in [7, 11) is -1.94. The molecule has 2 nitrogen and oxygen atoms in total. The van der Waals surface area contributed by atoms with Crippen molar-refractivity contribution < 1.29 is 8.85 Å². The minimum absolute atomic E-state index is 0.817. The fraction of sp³-hybridized carbons (Fsp3) is 1.00. The van der Waals surface area contributed by atoms with Crippen molar-refractivity contribution >= 4 is 8.56 Å². The molecule has 0 aromatic rings. The maximum absolute atomic E-state index is 6.26. The average molecular weight is 457 g/mol. The van der Waals surface area contributed by atoms with Crippen LogP contribution in [0.1, 0.15) is 156 Å². The Kier molecular flexibility index (Phi) is 24.9. The van der Waals surface area contributed by atoms with Gasteiger partial charge in [-0.1, -0.05) is 142 Å². The monoisotopic (exact) mass is 456 g/mol. The predicted octanol–water partition coefficient (Wildman–Crippen LogP) is 10.3. The highest BCUT2D eigenvalue weighted by atomic mass is 28.4. The topological polar surface area (TPSA) is 18.5 Å². The molecule has 0 aliphatic carbocycles. The zero-order chi connectivity index (χ0) is 22.9. The molecule has 0 aliphatic rings. The first-order valence-electron chi connectivity index (χ1n) is 14.5. The summed E-state index contributed by atoms with van der Waals surface area (Å²) in [4.78, 5) is 0. The van der Waals surface area contributed by atoms with Gasteiger partial charge in [-0.25, -0.2) is 0 Å². The van der Waals surface area contributed by atoms with Gasteiger partial charge >= 0.3 is 8.56 Å². The summed E-state index contributed by atoms with van der Waals surface area (Å²) in [5.74, 6) is 0. The molecule has 0 heterocycles. The van der Waals surface area contributed by atoms with E-state index in [4.69, 9.17) is 8.85 Å². The van der Waals surface area contributed by atoms with Crippen LogP contribution in [-0.2, 0) is 8.85 Å². The van der Waals surface area contributed by atoms with Crippen molar-refractivity contribution in [2.24, 2.45) is 0 Å². The van der Waals surface area contributed by atoms with E-state index in [1.807, 2.05) is 0 Å². The van der Waals surface area contributed by atoms with Crippen molar-refractivity contribution in [3.05, 3.63) is 0 Å². The Morgan fingerprint density at radius 2 is 0.613 bits per heavy atom. The number of unbranched alkanes of at least 4 members (excludes halogenated alkanes) is 18. The molecule has 0 rings (SSSR count). The maximum Gasteiger partial charge on any atom is 0.338 e. The van der Waals surface area contributed by atoms with Gasteiger partial charge in [0.2, 0.25) is 0 Å². The molecule has 0 radical (unpaired) electrons. The van der Waals surface area contributed by atoms with Gasteiger partial charge in [-0.15, -0.1) is 0 Å². The van der Waals surface area contributed by atoms with Crippen molar-refractivity contribution in [2.75, 3.05) is 13.2 Å². The number of rotatable bonds is 26. The molecular weight excluding hydrogens is 396 g/mol. The molecule has 0 N–H and O–H groups in total. The van der Waals surface area contributed by atoms with Crippen molar-refractivity contribution in [1.29, 1.82) is 0 Å². The molecule has 0 atom stereocenters. The second-order valence-electron chi connectivity index (χ2n) is 9.64. The highest BCUT2D eigenvalue weighted by Crippen LogP contribution is 2.26. The molecule has 3 heteroatoms. The average Bonchev–Trinajstić information content (AvgIpc) is 2.76. The lowest BCUT2D eigenvalue weighted by Crippen LogP contribution is -2.42. The summed E-state index contributed by atoms with van der Waals surface area (Å²) in [5.41, 5.74) is 0. The van der Waals surface area contributed by atoms with Gasteiger partial charge in [-0.2, -0.15) is 0 Å². The number of hydrogen-bond donors (Lipinski definition) is 0. The summed E-state index contributed by atoms with van der Waals surface area (Å²) in [6.45, 7) is 10.5. The van der Waals surface area contributed by atoms with Crippen molar-refractivity contribution in [2.45, 2.75) is 168 Å². The third-order valence-electron chi connectivity index (χ3n) is 6.64. The fourth-order valence-electron chi connectivity index (χ4n) is 4.74. The molecule has 0 aliphatic heterocycles. The molecule has 31 heavy (non-hydrogen) atoms. The van der Waals surface area contributed by atoms with Gasteiger partial charge in [-0.05, 0) is 25.9 Å². The van der Waals surface area contributed by atoms with E-state index in [1.54, 1.807) is 0 Å². The molecule has 0 saturated heterocycles. The van der Waals surface area contributed by atoms with Gasteiger partial charge in [0.1, 0.15) is 0 Å². The minimum Gasteiger partial charge on any atom is -0.394 e. The maximum atomic E-state index is 6.26. The smallest absolute Gasteiger partial charge is 0.338 e. The van der Waals surface area contributed by atoms with Crippen molar-refractivity contribution in [3.63, 3.8) is 0 Å². The molecule has 0 bridgehead atoms. The van der Waals surface area contributed by atoms with Crippen LogP contribution >= 0.6 is 0 Å². The third kappa shape index (κ3) is 20.5. The van der Waals surface area contributed by atoms with Gasteiger partial charge in [-0.3, -0.25) is 0 Å². The Hall–Kier alpha value is 0.137. The van der Waals surface area contributed by atoms with E-state index < -0.39 is 8.56 Å². The standard InChI is InChI=1S/C28H60O2Si/c1-5-9-11-12-13-14-15-16-17-18-19-20-21-22-23-24-26-28-31(29-7-3,30-8-4)27-25-10-6-2/h5-28H2,1-4H3. The van der Waals surface area contributed by atoms with E-state index >= 15 is 0 Å². The van der Waals surface area contributed by atoms with Crippen LogP contribution in [0.2, 0.25) is 12.1 Å². The van der Waals surface area contributed by atoms with Crippen LogP contribution < -0.4 is 0 Å². The van der Waals surface area contributed by atoms with Crippen LogP contribution in [0.15, 0.2) is 0 Å². The first kappa shape index (κ1) is 31.1. The van der Waals surface area contributed by atoms with Crippen LogP contribution in [0.5, 0.6) is 0 Å². The Bertz CT molecular complexity index is 329. The lowest BCUT2D eigenvalue weighted by Gasteiger charge is -2.30.